The van der Waals surface area contributed by atoms with Crippen molar-refractivity contribution in [2.24, 2.45) is 17.2 Å². The summed E-state index contributed by atoms with van der Waals surface area (Å²) in [6.45, 7) is -0.418. The molecule has 2 heterocycles. The van der Waals surface area contributed by atoms with Crippen LogP contribution in [-0.2, 0) is 66.1 Å². The maximum absolute atomic E-state index is 14.1. The van der Waals surface area contributed by atoms with Gasteiger partial charge in [0.15, 0.2) is 11.4 Å². The molecule has 0 aliphatic heterocycles. The topological polar surface area (TPSA) is 330 Å². The summed E-state index contributed by atoms with van der Waals surface area (Å²) in [6, 6.07) is 29.1. The number of Topliss-reactive ketones (excluding diaryl/α,β-unsaturated/α-hetero) is 2. The number of hydrogen-bond acceptors (Lipinski definition) is 14. The van der Waals surface area contributed by atoms with Crippen LogP contribution >= 0.6 is 46.4 Å². The van der Waals surface area contributed by atoms with Crippen LogP contribution in [0.2, 0.25) is 15.1 Å². The van der Waals surface area contributed by atoms with Gasteiger partial charge in [0.05, 0.1) is 45.1 Å². The molecular formula is C67H83Cl4F3K2N10O11. The van der Waals surface area contributed by atoms with Gasteiger partial charge in [-0.15, -0.1) is 11.6 Å². The van der Waals surface area contributed by atoms with E-state index in [-0.39, 0.29) is 220 Å². The molecule has 0 unspecified atom stereocenters. The standard InChI is InChI=1S/C24H25ClFN5O3.C15H19ClFNO.C10H9Cl2FO.C10H9N3O3.C5H11N.CH2O3.2CH4.2K.H/c25-18-10-5-6-15(22(18)26)12-28-20(32)13-30(16-7-1-2-8-16)21(33)14-31-19-11-4-3-9-17(19)23(29-31)24(27)34;16-14-7-3-4-11(15(14)17)8-9-13(19)10-18-12-5-1-2-6-12;11-6-8(14)5-4-7-2-1-3-9(12)10(7)13;11-10(16)9-6-3-1-2-4-7(6)13(12-9)5-8(14)15;6-5-3-1-2-4-5;2-1-4-3;;;;;/h3-6,9-11,16H,1-2,7-8,12-14H2,(H2,27,34)(H,28,32);3-4,7,12,18H,1-2,5-6,8-10H2;1-3H,4-6H2;1-4H,5H2,(H2,11,16)(H,14,15);5H,1-4,6H2;1,3H;2*1H4;;;/q;;;;;;;;2*+1;-1/p-1. The SMILES string of the molecule is C.C.NC(=O)c1nn(CC(=O)N(CC(=O)NCc2cccc(Cl)c2F)C2CCCC2)c2ccccc12.NC(=O)c1nn(CC(=O)O)c2ccccc12.NC1CCCC1.O=C(CCc1cccc(Cl)c1F)CNC1CCCC1.O=C(CCl)CCc1cccc(Cl)c1F.O=CO[O-].[H-].[K+].[K+]. The summed E-state index contributed by atoms with van der Waals surface area (Å²) in [5, 5.41) is 32.5. The summed E-state index contributed by atoms with van der Waals surface area (Å²) < 4.78 is 43.7. The second-order valence-electron chi connectivity index (χ2n) is 21.9. The fourth-order valence-corrected chi connectivity index (χ4v) is 11.2. The molecule has 21 nitrogen and oxygen atoms in total. The predicted molar refractivity (Wildman–Crippen MR) is 360 cm³/mol. The van der Waals surface area contributed by atoms with E-state index < -0.39 is 41.1 Å². The minimum Gasteiger partial charge on any atom is -1.00 e. The number of aryl methyl sites for hydroxylation is 2. The smallest absolute Gasteiger partial charge is 1.00 e. The third-order valence-corrected chi connectivity index (χ3v) is 16.4. The number of rotatable bonds is 22. The van der Waals surface area contributed by atoms with Crippen molar-refractivity contribution >= 4 is 116 Å². The second-order valence-corrected chi connectivity index (χ2v) is 23.3. The summed E-state index contributed by atoms with van der Waals surface area (Å²) in [5.74, 6) is -4.48. The van der Waals surface area contributed by atoms with Gasteiger partial charge in [-0.1, -0.05) is 161 Å². The normalized spacial score (nSPS) is 13.0. The van der Waals surface area contributed by atoms with E-state index in [2.05, 4.69) is 25.7 Å². The number of amides is 4. The van der Waals surface area contributed by atoms with Crippen LogP contribution in [0.1, 0.15) is 144 Å². The number of nitrogens with zero attached hydrogens (tertiary/aromatic N) is 5. The monoisotopic (exact) mass is 1480 g/mol. The summed E-state index contributed by atoms with van der Waals surface area (Å²) in [4.78, 5) is 95.0. The van der Waals surface area contributed by atoms with Crippen molar-refractivity contribution in [3.8, 4) is 0 Å². The molecule has 3 fully saturated rings. The number of nitrogens with one attached hydrogen (secondary N) is 2. The number of halogens is 7. The average Bonchev–Trinajstić information content (AvgIpc) is 1.67. The maximum atomic E-state index is 14.1. The van der Waals surface area contributed by atoms with Crippen molar-refractivity contribution in [3.05, 3.63) is 164 Å². The molecule has 518 valence electrons. The first-order chi connectivity index (χ1) is 44.6. The number of carboxylic acids is 1. The van der Waals surface area contributed by atoms with Gasteiger partial charge in [0.1, 0.15) is 42.1 Å². The van der Waals surface area contributed by atoms with Crippen molar-refractivity contribution in [1.29, 1.82) is 0 Å². The second kappa shape index (κ2) is 48.2. The van der Waals surface area contributed by atoms with Crippen LogP contribution < -0.4 is 136 Å². The van der Waals surface area contributed by atoms with Gasteiger partial charge in [0, 0.05) is 53.8 Å². The molecular weight excluding hydrogens is 1400 g/mol. The summed E-state index contributed by atoms with van der Waals surface area (Å²) in [6.07, 6.45) is 15.0. The van der Waals surface area contributed by atoms with Crippen molar-refractivity contribution in [2.75, 3.05) is 19.0 Å². The van der Waals surface area contributed by atoms with Crippen LogP contribution in [0.5, 0.6) is 0 Å². The Balaban J connectivity index is 0.00000126. The van der Waals surface area contributed by atoms with Gasteiger partial charge < -0.3 is 49.4 Å². The number of carbonyl (C=O) groups is 8. The van der Waals surface area contributed by atoms with Crippen molar-refractivity contribution in [1.82, 2.24) is 35.1 Å². The molecule has 3 aliphatic carbocycles. The van der Waals surface area contributed by atoms with Crippen LogP contribution in [-0.4, -0.2) is 114 Å². The number of aliphatic carboxylic acids is 1. The van der Waals surface area contributed by atoms with E-state index in [0.717, 1.165) is 38.5 Å². The number of primary amides is 2. The number of hydrogen-bond donors (Lipinski definition) is 6. The summed E-state index contributed by atoms with van der Waals surface area (Å²) >= 11 is 22.4. The Labute approximate surface area is 669 Å². The number of alkyl halides is 1. The average molecular weight is 1480 g/mol. The Morgan fingerprint density at radius 2 is 1.05 bits per heavy atom. The van der Waals surface area contributed by atoms with Gasteiger partial charge >= 0.3 is 109 Å². The van der Waals surface area contributed by atoms with Gasteiger partial charge in [-0.3, -0.25) is 47.7 Å². The van der Waals surface area contributed by atoms with Gasteiger partial charge in [0.2, 0.25) is 11.8 Å². The fraction of sp³-hybridized carbons (Fsp3) is 0.403. The number of para-hydroxylation sites is 2. The number of carboxylic acid groups (broad SMARTS) is 1. The van der Waals surface area contributed by atoms with E-state index in [4.69, 9.17) is 78.8 Å². The van der Waals surface area contributed by atoms with Crippen molar-refractivity contribution < 1.29 is 171 Å². The molecule has 3 aliphatic rings. The zero-order chi connectivity index (χ0) is 68.0. The maximum Gasteiger partial charge on any atom is 1.00 e. The Morgan fingerprint density at radius 3 is 1.47 bits per heavy atom. The van der Waals surface area contributed by atoms with E-state index in [9.17, 15) is 46.7 Å². The first-order valence-corrected chi connectivity index (χ1v) is 31.6. The van der Waals surface area contributed by atoms with Crippen LogP contribution in [0, 0.1) is 17.5 Å². The largest absolute Gasteiger partial charge is 1.00 e. The molecule has 97 heavy (non-hydrogen) atoms. The zero-order valence-corrected chi connectivity index (χ0v) is 62.1. The third-order valence-electron chi connectivity index (χ3n) is 15.2. The van der Waals surface area contributed by atoms with E-state index in [1.807, 2.05) is 0 Å². The Hall–Kier alpha value is -4.70. The summed E-state index contributed by atoms with van der Waals surface area (Å²) in [5.41, 5.74) is 18.8. The number of fused-ring (bicyclic) bond motifs is 2. The number of benzene rings is 5. The Kier molecular flexibility index (Phi) is 44.9. The molecule has 0 saturated heterocycles. The molecule has 30 heteroatoms. The van der Waals surface area contributed by atoms with Crippen molar-refractivity contribution in [3.63, 3.8) is 0 Å². The zero-order valence-electron chi connectivity index (χ0n) is 53.8. The number of aromatic nitrogens is 4. The van der Waals surface area contributed by atoms with E-state index in [1.54, 1.807) is 89.8 Å². The number of ketones is 2. The van der Waals surface area contributed by atoms with Gasteiger partial charge in [-0.25, -0.2) is 13.2 Å². The van der Waals surface area contributed by atoms with Gasteiger partial charge in [-0.2, -0.15) is 10.2 Å². The molecule has 0 radical (unpaired) electrons. The van der Waals surface area contributed by atoms with E-state index >= 15 is 0 Å². The first kappa shape index (κ1) is 90.3. The minimum atomic E-state index is -1.02. The quantitative estimate of drug-likeness (QED) is 0.0176. The molecule has 0 bridgehead atoms. The van der Waals surface area contributed by atoms with Crippen LogP contribution in [0.3, 0.4) is 0 Å². The number of nitrogens with two attached hydrogens (primary N) is 3. The van der Waals surface area contributed by atoms with Gasteiger partial charge in [0.25, 0.3) is 18.3 Å². The van der Waals surface area contributed by atoms with E-state index in [1.165, 1.54) is 66.1 Å². The molecule has 9 N–H and O–H groups in total. The molecule has 2 aromatic heterocycles. The molecule has 3 saturated carbocycles. The Morgan fingerprint density at radius 1 is 0.639 bits per heavy atom. The number of carbonyl (C=O) groups excluding carboxylic acids is 7. The molecule has 5 aromatic carbocycles. The Bertz CT molecular complexity index is 3680. The first-order valence-electron chi connectivity index (χ1n) is 29.9. The van der Waals surface area contributed by atoms with E-state index in [0.29, 0.717) is 70.8 Å². The van der Waals surface area contributed by atoms with Crippen LogP contribution in [0.4, 0.5) is 13.2 Å². The fourth-order valence-electron chi connectivity index (χ4n) is 10.5. The molecule has 4 amide bonds. The third kappa shape index (κ3) is 30.2. The van der Waals surface area contributed by atoms with Crippen LogP contribution in [0.15, 0.2) is 103 Å². The molecule has 0 atom stereocenters. The summed E-state index contributed by atoms with van der Waals surface area (Å²) in [7, 11) is 0. The van der Waals surface area contributed by atoms with Crippen LogP contribution in [0.25, 0.3) is 21.8 Å². The minimum absolute atomic E-state index is 0. The molecule has 0 spiro atoms. The predicted octanol–water partition coefficient (Wildman–Crippen LogP) is 4.68. The van der Waals surface area contributed by atoms with Crippen molar-refractivity contribution in [2.45, 2.75) is 155 Å². The van der Waals surface area contributed by atoms with Gasteiger partial charge in [-0.05, 0) is 92.8 Å². The molecule has 7 aromatic rings. The molecule has 10 rings (SSSR count).